The molecule has 2 saturated heterocycles. The summed E-state index contributed by atoms with van der Waals surface area (Å²) in [7, 11) is -3.95. The number of piperidine rings is 2. The van der Waals surface area contributed by atoms with Gasteiger partial charge < -0.3 is 24.4 Å². The number of hydrogen-bond donors (Lipinski definition) is 1. The van der Waals surface area contributed by atoms with E-state index in [0.29, 0.717) is 25.9 Å². The molecule has 5 unspecified atom stereocenters. The molecule has 2 aliphatic heterocycles. The van der Waals surface area contributed by atoms with E-state index >= 15 is 0 Å². The summed E-state index contributed by atoms with van der Waals surface area (Å²) < 4.78 is 39.6. The minimum absolute atomic E-state index is 0.126. The van der Waals surface area contributed by atoms with Gasteiger partial charge in [0, 0.05) is 25.2 Å². The molecule has 1 aromatic carbocycles. The van der Waals surface area contributed by atoms with E-state index in [2.05, 4.69) is 0 Å². The third-order valence-electron chi connectivity index (χ3n) is 8.04. The van der Waals surface area contributed by atoms with Crippen molar-refractivity contribution >= 4 is 22.0 Å². The van der Waals surface area contributed by atoms with Crippen molar-refractivity contribution in [2.75, 3.05) is 13.1 Å². The van der Waals surface area contributed by atoms with Crippen molar-refractivity contribution in [3.05, 3.63) is 30.3 Å². The van der Waals surface area contributed by atoms with Crippen molar-refractivity contribution in [3.63, 3.8) is 0 Å². The standard InChI is InChI=1S/C32H52N2O7S/c1-23(21-24-15-11-13-19-33(24)29(36)40-31(2,3)4)28(42(38,39)26-17-9-8-10-18-26)27(35)22-25-16-12-14-20-34(25)30(37)41-32(5,6)7/h8-10,17-18,23-25,27-28,35H,11-16,19-22H2,1-7H3. The number of nitrogens with zero attached hydrogens (tertiary/aromatic N) is 2. The Labute approximate surface area is 252 Å². The Kier molecular flexibility index (Phi) is 11.4. The van der Waals surface area contributed by atoms with Gasteiger partial charge in [-0.2, -0.15) is 0 Å². The van der Waals surface area contributed by atoms with Crippen LogP contribution in [0.15, 0.2) is 35.2 Å². The van der Waals surface area contributed by atoms with Crippen LogP contribution in [0.25, 0.3) is 0 Å². The minimum Gasteiger partial charge on any atom is -0.444 e. The van der Waals surface area contributed by atoms with Crippen LogP contribution in [0.4, 0.5) is 9.59 Å². The van der Waals surface area contributed by atoms with Gasteiger partial charge in [-0.05, 0) is 111 Å². The Hall–Kier alpha value is -2.33. The lowest BCUT2D eigenvalue weighted by Crippen LogP contribution is -2.51. The van der Waals surface area contributed by atoms with Crippen molar-refractivity contribution in [1.82, 2.24) is 9.80 Å². The van der Waals surface area contributed by atoms with Crippen molar-refractivity contribution in [2.45, 2.75) is 139 Å². The van der Waals surface area contributed by atoms with E-state index in [0.717, 1.165) is 32.1 Å². The molecule has 0 saturated carbocycles. The molecule has 0 aromatic heterocycles. The van der Waals surface area contributed by atoms with Gasteiger partial charge in [-0.3, -0.25) is 0 Å². The molecule has 2 aliphatic rings. The molecule has 5 atom stereocenters. The van der Waals surface area contributed by atoms with Crippen LogP contribution in [0.3, 0.4) is 0 Å². The van der Waals surface area contributed by atoms with E-state index < -0.39 is 50.5 Å². The smallest absolute Gasteiger partial charge is 0.410 e. The van der Waals surface area contributed by atoms with Crippen LogP contribution in [-0.2, 0) is 19.3 Å². The molecule has 238 valence electrons. The van der Waals surface area contributed by atoms with Gasteiger partial charge >= 0.3 is 12.2 Å². The number of benzene rings is 1. The molecule has 2 amide bonds. The normalized spacial score (nSPS) is 22.7. The number of hydrogen-bond acceptors (Lipinski definition) is 7. The Balaban J connectivity index is 1.89. The predicted octanol–water partition coefficient (Wildman–Crippen LogP) is 6.19. The number of aliphatic hydroxyl groups excluding tert-OH is 1. The number of rotatable bonds is 8. The van der Waals surface area contributed by atoms with Gasteiger partial charge in [0.25, 0.3) is 0 Å². The Morgan fingerprint density at radius 1 is 0.833 bits per heavy atom. The zero-order valence-corrected chi connectivity index (χ0v) is 27.4. The van der Waals surface area contributed by atoms with Gasteiger partial charge in [-0.1, -0.05) is 25.1 Å². The summed E-state index contributed by atoms with van der Waals surface area (Å²) in [6, 6.07) is 7.70. The first-order valence-electron chi connectivity index (χ1n) is 15.5. The maximum atomic E-state index is 14.1. The lowest BCUT2D eigenvalue weighted by Gasteiger charge is -2.41. The molecule has 0 bridgehead atoms. The third-order valence-corrected chi connectivity index (χ3v) is 10.5. The highest BCUT2D eigenvalue weighted by atomic mass is 32.2. The molecule has 10 heteroatoms. The summed E-state index contributed by atoms with van der Waals surface area (Å²) >= 11 is 0. The SMILES string of the molecule is CC(CC1CCCCN1C(=O)OC(C)(C)C)C(C(O)CC1CCCCN1C(=O)OC(C)(C)C)S(=O)(=O)c1ccccc1. The summed E-state index contributed by atoms with van der Waals surface area (Å²) in [6.07, 6.45) is 3.40. The number of ether oxygens (including phenoxy) is 2. The maximum absolute atomic E-state index is 14.1. The Bertz CT molecular complexity index is 1090. The van der Waals surface area contributed by atoms with Crippen LogP contribution >= 0.6 is 0 Å². The molecule has 42 heavy (non-hydrogen) atoms. The van der Waals surface area contributed by atoms with Gasteiger partial charge in [0.1, 0.15) is 11.2 Å². The number of sulfone groups is 1. The predicted molar refractivity (Wildman–Crippen MR) is 163 cm³/mol. The molecular weight excluding hydrogens is 556 g/mol. The first-order chi connectivity index (χ1) is 19.5. The monoisotopic (exact) mass is 608 g/mol. The maximum Gasteiger partial charge on any atom is 0.410 e. The lowest BCUT2D eigenvalue weighted by molar-refractivity contribution is 0.000318. The van der Waals surface area contributed by atoms with Crippen LogP contribution in [0, 0.1) is 5.92 Å². The highest BCUT2D eigenvalue weighted by molar-refractivity contribution is 7.92. The molecule has 0 spiro atoms. The number of carbonyl (C=O) groups excluding carboxylic acids is 2. The number of carbonyl (C=O) groups is 2. The topological polar surface area (TPSA) is 113 Å². The molecule has 3 rings (SSSR count). The van der Waals surface area contributed by atoms with Gasteiger partial charge in [0.15, 0.2) is 9.84 Å². The second-order valence-electron chi connectivity index (χ2n) is 14.0. The summed E-state index contributed by atoms with van der Waals surface area (Å²) in [5.74, 6) is -0.475. The first kappa shape index (κ1) is 34.2. The van der Waals surface area contributed by atoms with Crippen LogP contribution in [0.2, 0.25) is 0 Å². The number of aliphatic hydroxyl groups is 1. The molecule has 0 aliphatic carbocycles. The average Bonchev–Trinajstić information content (AvgIpc) is 2.87. The minimum atomic E-state index is -3.95. The summed E-state index contributed by atoms with van der Waals surface area (Å²) in [5, 5.41) is 10.6. The fourth-order valence-corrected chi connectivity index (χ4v) is 8.35. The molecule has 1 N–H and O–H groups in total. The summed E-state index contributed by atoms with van der Waals surface area (Å²) in [5.41, 5.74) is -1.30. The molecular formula is C32H52N2O7S. The summed E-state index contributed by atoms with van der Waals surface area (Å²) in [6.45, 7) is 13.8. The highest BCUT2D eigenvalue weighted by Crippen LogP contribution is 2.34. The van der Waals surface area contributed by atoms with Gasteiger partial charge in [-0.15, -0.1) is 0 Å². The number of likely N-dealkylation sites (tertiary alicyclic amines) is 2. The zero-order valence-electron chi connectivity index (χ0n) is 26.5. The molecule has 2 fully saturated rings. The van der Waals surface area contributed by atoms with Crippen LogP contribution in [0.5, 0.6) is 0 Å². The fraction of sp³-hybridized carbons (Fsp3) is 0.750. The van der Waals surface area contributed by atoms with E-state index in [4.69, 9.17) is 9.47 Å². The van der Waals surface area contributed by atoms with Crippen LogP contribution in [-0.4, -0.2) is 83.2 Å². The van der Waals surface area contributed by atoms with Gasteiger partial charge in [0.2, 0.25) is 0 Å². The highest BCUT2D eigenvalue weighted by Gasteiger charge is 2.43. The average molecular weight is 609 g/mol. The number of amides is 2. The first-order valence-corrected chi connectivity index (χ1v) is 17.0. The van der Waals surface area contributed by atoms with Crippen molar-refractivity contribution in [3.8, 4) is 0 Å². The Morgan fingerprint density at radius 3 is 1.74 bits per heavy atom. The van der Waals surface area contributed by atoms with E-state index in [1.165, 1.54) is 0 Å². The van der Waals surface area contributed by atoms with Crippen LogP contribution < -0.4 is 0 Å². The molecule has 9 nitrogen and oxygen atoms in total. The summed E-state index contributed by atoms with van der Waals surface area (Å²) in [4.78, 5) is 29.7. The lowest BCUT2D eigenvalue weighted by atomic mass is 9.87. The van der Waals surface area contributed by atoms with Crippen LogP contribution in [0.1, 0.15) is 99.8 Å². The van der Waals surface area contributed by atoms with E-state index in [-0.39, 0.29) is 23.4 Å². The Morgan fingerprint density at radius 2 is 1.29 bits per heavy atom. The van der Waals surface area contributed by atoms with E-state index in [1.54, 1.807) is 40.1 Å². The second-order valence-corrected chi connectivity index (χ2v) is 16.1. The van der Waals surface area contributed by atoms with E-state index in [1.807, 2.05) is 48.5 Å². The van der Waals surface area contributed by atoms with Crippen molar-refractivity contribution in [2.24, 2.45) is 5.92 Å². The van der Waals surface area contributed by atoms with Crippen molar-refractivity contribution < 1.29 is 32.6 Å². The molecule has 1 aromatic rings. The molecule has 0 radical (unpaired) electrons. The zero-order chi connectivity index (χ0) is 31.3. The largest absolute Gasteiger partial charge is 0.444 e. The van der Waals surface area contributed by atoms with Gasteiger partial charge in [-0.25, -0.2) is 18.0 Å². The fourth-order valence-electron chi connectivity index (χ4n) is 6.25. The van der Waals surface area contributed by atoms with Gasteiger partial charge in [0.05, 0.1) is 16.2 Å². The quantitative estimate of drug-likeness (QED) is 0.375. The third kappa shape index (κ3) is 9.33. The molecule has 2 heterocycles. The van der Waals surface area contributed by atoms with Crippen molar-refractivity contribution in [1.29, 1.82) is 0 Å². The van der Waals surface area contributed by atoms with E-state index in [9.17, 15) is 23.1 Å². The second kappa shape index (κ2) is 14.0.